The lowest BCUT2D eigenvalue weighted by molar-refractivity contribution is -0.140. The number of hydrogen-bond acceptors (Lipinski definition) is 7. The van der Waals surface area contributed by atoms with E-state index in [4.69, 9.17) is 11.6 Å². The third-order valence-electron chi connectivity index (χ3n) is 5.89. The van der Waals surface area contributed by atoms with Crippen molar-refractivity contribution >= 4 is 29.2 Å². The monoisotopic (exact) mass is 539 g/mol. The highest BCUT2D eigenvalue weighted by Crippen LogP contribution is 2.33. The summed E-state index contributed by atoms with van der Waals surface area (Å²) in [6.07, 6.45) is 4.98. The first-order valence-corrected chi connectivity index (χ1v) is 11.8. The van der Waals surface area contributed by atoms with Gasteiger partial charge < -0.3 is 10.2 Å². The highest BCUT2D eigenvalue weighted by atomic mass is 35.5. The molecule has 11 nitrogen and oxygen atoms in total. The molecule has 0 aliphatic carbocycles. The molecule has 2 N–H and O–H groups in total. The van der Waals surface area contributed by atoms with Crippen molar-refractivity contribution in [3.8, 4) is 22.6 Å². The molecule has 5 rings (SSSR count). The van der Waals surface area contributed by atoms with E-state index in [9.17, 15) is 18.4 Å². The molecule has 4 aromatic heterocycles. The minimum atomic E-state index is -3.06. The quantitative estimate of drug-likeness (QED) is 0.357. The number of anilines is 1. The number of carbonyl (C=O) groups is 2. The third kappa shape index (κ3) is 5.27. The number of rotatable bonds is 6. The Labute approximate surface area is 219 Å². The Morgan fingerprint density at radius 1 is 1.21 bits per heavy atom. The van der Waals surface area contributed by atoms with E-state index in [1.807, 2.05) is 0 Å². The van der Waals surface area contributed by atoms with E-state index in [1.165, 1.54) is 23.3 Å². The van der Waals surface area contributed by atoms with Gasteiger partial charge >= 0.3 is 0 Å². The lowest BCUT2D eigenvalue weighted by Crippen LogP contribution is -2.49. The summed E-state index contributed by atoms with van der Waals surface area (Å²) in [5.41, 5.74) is 2.06. The molecule has 0 spiro atoms. The summed E-state index contributed by atoms with van der Waals surface area (Å²) in [4.78, 5) is 34.2. The minimum absolute atomic E-state index is 0.0638. The number of halogens is 3. The van der Waals surface area contributed by atoms with Crippen molar-refractivity contribution < 1.29 is 18.4 Å². The van der Waals surface area contributed by atoms with Crippen LogP contribution in [0, 0.1) is 0 Å². The molecule has 1 aliphatic rings. The molecule has 4 aromatic rings. The highest BCUT2D eigenvalue weighted by Gasteiger charge is 2.42. The van der Waals surface area contributed by atoms with Gasteiger partial charge in [-0.2, -0.15) is 5.10 Å². The molecule has 1 saturated heterocycles. The van der Waals surface area contributed by atoms with E-state index in [0.717, 1.165) is 11.0 Å². The maximum absolute atomic E-state index is 14.3. The van der Waals surface area contributed by atoms with E-state index in [0.29, 0.717) is 27.7 Å². The van der Waals surface area contributed by atoms with E-state index >= 15 is 0 Å². The van der Waals surface area contributed by atoms with Crippen LogP contribution in [0.25, 0.3) is 22.6 Å². The van der Waals surface area contributed by atoms with E-state index in [2.05, 4.69) is 42.4 Å². The molecule has 194 valence electrons. The molecule has 14 heteroatoms. The first-order chi connectivity index (χ1) is 18.2. The van der Waals surface area contributed by atoms with Crippen molar-refractivity contribution in [3.05, 3.63) is 72.3 Å². The van der Waals surface area contributed by atoms with Crippen LogP contribution in [0.1, 0.15) is 23.0 Å². The number of hydrogen-bond donors (Lipinski definition) is 2. The Balaban J connectivity index is 1.27. The second kappa shape index (κ2) is 10.1. The lowest BCUT2D eigenvalue weighted by Gasteiger charge is -2.36. The van der Waals surface area contributed by atoms with Gasteiger partial charge in [0.2, 0.25) is 5.91 Å². The topological polar surface area (TPSA) is 135 Å². The number of nitrogens with zero attached hydrogens (tertiary/aromatic N) is 7. The van der Waals surface area contributed by atoms with E-state index < -0.39 is 36.7 Å². The summed E-state index contributed by atoms with van der Waals surface area (Å²) in [7, 11) is 0. The number of H-pyrrole nitrogens is 1. The van der Waals surface area contributed by atoms with Crippen LogP contribution in [0.15, 0.2) is 61.6 Å². The number of carbonyl (C=O) groups excluding carboxylic acids is 2. The van der Waals surface area contributed by atoms with Crippen LogP contribution < -0.4 is 5.32 Å². The highest BCUT2D eigenvalue weighted by molar-refractivity contribution is 6.32. The molecule has 1 aliphatic heterocycles. The first kappa shape index (κ1) is 25.1. The summed E-state index contributed by atoms with van der Waals surface area (Å²) in [5.74, 6) is -3.84. The van der Waals surface area contributed by atoms with Crippen LogP contribution in [-0.2, 0) is 4.79 Å². The number of likely N-dealkylation sites (tertiary alicyclic amines) is 1. The maximum atomic E-state index is 14.3. The predicted molar refractivity (Wildman–Crippen MR) is 133 cm³/mol. The number of aromatic nitrogens is 7. The van der Waals surface area contributed by atoms with Gasteiger partial charge in [-0.1, -0.05) is 29.5 Å². The fourth-order valence-electron chi connectivity index (χ4n) is 4.08. The smallest absolute Gasteiger partial charge is 0.275 e. The van der Waals surface area contributed by atoms with Crippen molar-refractivity contribution in [1.82, 2.24) is 40.1 Å². The van der Waals surface area contributed by atoms with Crippen LogP contribution >= 0.6 is 11.6 Å². The van der Waals surface area contributed by atoms with Gasteiger partial charge in [-0.05, 0) is 30.3 Å². The second-order valence-corrected chi connectivity index (χ2v) is 9.02. The van der Waals surface area contributed by atoms with Gasteiger partial charge in [0.25, 0.3) is 11.8 Å². The molecule has 0 aromatic carbocycles. The van der Waals surface area contributed by atoms with Crippen molar-refractivity contribution in [2.24, 2.45) is 0 Å². The van der Waals surface area contributed by atoms with Crippen molar-refractivity contribution in [2.45, 2.75) is 18.4 Å². The fourth-order valence-corrected chi connectivity index (χ4v) is 4.27. The van der Waals surface area contributed by atoms with Crippen LogP contribution in [0.4, 0.5) is 14.6 Å². The van der Waals surface area contributed by atoms with Crippen LogP contribution in [-0.4, -0.2) is 70.9 Å². The maximum Gasteiger partial charge on any atom is 0.275 e. The molecule has 0 bridgehead atoms. The number of alkyl halides is 2. The molecular formula is C24H20ClF2N9O2. The SMILES string of the molecule is C=CC(=O)N1CC(n2cc(-c3ccc(NC(=O)c4cccc(-c5[nH]ncc5Cl)n4)nc3)nn2)CC(F)(F)C1. The second-order valence-electron chi connectivity index (χ2n) is 8.61. The zero-order chi connectivity index (χ0) is 26.9. The summed E-state index contributed by atoms with van der Waals surface area (Å²) in [5, 5.41) is 17.7. The molecule has 0 radical (unpaired) electrons. The standard InChI is InChI=1S/C24H20ClF2N9O2/c1-2-21(37)35-11-15(8-24(26,27)13-35)36-12-19(32-34-36)14-6-7-20(28-9-14)31-23(38)18-5-3-4-17(30-18)22-16(25)10-29-33-22/h2-7,9-10,12,15H,1,8,11,13H2,(H,29,33)(H,28,31,38). The zero-order valence-corrected chi connectivity index (χ0v) is 20.4. The summed E-state index contributed by atoms with van der Waals surface area (Å²) >= 11 is 6.08. The first-order valence-electron chi connectivity index (χ1n) is 11.4. The Morgan fingerprint density at radius 3 is 2.76 bits per heavy atom. The van der Waals surface area contributed by atoms with E-state index in [1.54, 1.807) is 30.3 Å². The minimum Gasteiger partial charge on any atom is -0.331 e. The predicted octanol–water partition coefficient (Wildman–Crippen LogP) is 3.63. The molecule has 1 atom stereocenters. The van der Waals surface area contributed by atoms with Crippen LogP contribution in [0.3, 0.4) is 0 Å². The van der Waals surface area contributed by atoms with Gasteiger partial charge in [0.15, 0.2) is 0 Å². The fraction of sp³-hybridized carbons (Fsp3) is 0.208. The Morgan fingerprint density at radius 2 is 2.05 bits per heavy atom. The van der Waals surface area contributed by atoms with Crippen LogP contribution in [0.5, 0.6) is 0 Å². The Bertz CT molecular complexity index is 1500. The average molecular weight is 540 g/mol. The number of amides is 2. The molecule has 38 heavy (non-hydrogen) atoms. The number of pyridine rings is 2. The van der Waals surface area contributed by atoms with Gasteiger partial charge in [0.1, 0.15) is 22.9 Å². The van der Waals surface area contributed by atoms with Crippen molar-refractivity contribution in [1.29, 1.82) is 0 Å². The van der Waals surface area contributed by atoms with Gasteiger partial charge in [-0.15, -0.1) is 5.10 Å². The molecule has 1 unspecified atom stereocenters. The lowest BCUT2D eigenvalue weighted by atomic mass is 10.0. The number of nitrogens with one attached hydrogen (secondary N) is 2. The summed E-state index contributed by atoms with van der Waals surface area (Å²) < 4.78 is 29.8. The normalized spacial score (nSPS) is 16.7. The number of piperidine rings is 1. The Hall–Kier alpha value is -4.52. The molecule has 1 fully saturated rings. The van der Waals surface area contributed by atoms with Crippen LogP contribution in [0.2, 0.25) is 5.02 Å². The average Bonchev–Trinajstić information content (AvgIpc) is 3.57. The van der Waals surface area contributed by atoms with Gasteiger partial charge in [-0.3, -0.25) is 14.7 Å². The largest absolute Gasteiger partial charge is 0.331 e. The summed E-state index contributed by atoms with van der Waals surface area (Å²) in [6, 6.07) is 7.39. The third-order valence-corrected chi connectivity index (χ3v) is 6.18. The number of aromatic amines is 1. The molecule has 5 heterocycles. The molecule has 0 saturated carbocycles. The van der Waals surface area contributed by atoms with Gasteiger partial charge in [0.05, 0.1) is 35.7 Å². The summed E-state index contributed by atoms with van der Waals surface area (Å²) in [6.45, 7) is 2.77. The van der Waals surface area contributed by atoms with Gasteiger partial charge in [0, 0.05) is 24.7 Å². The van der Waals surface area contributed by atoms with Gasteiger partial charge in [-0.25, -0.2) is 23.4 Å². The molecule has 2 amide bonds. The molecular weight excluding hydrogens is 520 g/mol. The Kier molecular flexibility index (Phi) is 6.68. The van der Waals surface area contributed by atoms with Crippen molar-refractivity contribution in [3.63, 3.8) is 0 Å². The zero-order valence-electron chi connectivity index (χ0n) is 19.7. The van der Waals surface area contributed by atoms with Crippen molar-refractivity contribution in [2.75, 3.05) is 18.4 Å². The van der Waals surface area contributed by atoms with E-state index in [-0.39, 0.29) is 18.1 Å².